The molecule has 1 aliphatic rings. The van der Waals surface area contributed by atoms with Gasteiger partial charge in [0.2, 0.25) is 5.91 Å². The first-order valence-electron chi connectivity index (χ1n) is 6.29. The van der Waals surface area contributed by atoms with Crippen LogP contribution in [0.1, 0.15) is 24.9 Å². The van der Waals surface area contributed by atoms with Gasteiger partial charge in [0.25, 0.3) is 0 Å². The van der Waals surface area contributed by atoms with Crippen molar-refractivity contribution in [3.63, 3.8) is 0 Å². The fourth-order valence-electron chi connectivity index (χ4n) is 2.19. The van der Waals surface area contributed by atoms with Gasteiger partial charge in [-0.2, -0.15) is 0 Å². The minimum absolute atomic E-state index is 0.116. The highest BCUT2D eigenvalue weighted by Gasteiger charge is 2.33. The summed E-state index contributed by atoms with van der Waals surface area (Å²) < 4.78 is 5.34. The summed E-state index contributed by atoms with van der Waals surface area (Å²) in [7, 11) is 0. The molecule has 0 aromatic heterocycles. The molecule has 1 amide bonds. The van der Waals surface area contributed by atoms with Crippen LogP contribution in [0.5, 0.6) is 0 Å². The summed E-state index contributed by atoms with van der Waals surface area (Å²) in [6.45, 7) is 2.47. The maximum Gasteiger partial charge on any atom is 0.330 e. The number of hydrogen-bond acceptors (Lipinski definition) is 3. The maximum absolute atomic E-state index is 12.0. The molecule has 0 aliphatic carbocycles. The number of carbonyl (C=O) groups excluding carboxylic acids is 1. The molecule has 2 rings (SSSR count). The predicted octanol–water partition coefficient (Wildman–Crippen LogP) is 1.35. The van der Waals surface area contributed by atoms with E-state index in [1.807, 2.05) is 6.92 Å². The summed E-state index contributed by atoms with van der Waals surface area (Å²) in [6.07, 6.45) is 0.270. The van der Waals surface area contributed by atoms with Crippen molar-refractivity contribution < 1.29 is 19.4 Å². The van der Waals surface area contributed by atoms with Crippen molar-refractivity contribution in [3.05, 3.63) is 35.9 Å². The minimum Gasteiger partial charge on any atom is -0.479 e. The summed E-state index contributed by atoms with van der Waals surface area (Å²) in [4.78, 5) is 23.3. The second kappa shape index (κ2) is 5.84. The average Bonchev–Trinajstić information content (AvgIpc) is 2.82. The van der Waals surface area contributed by atoms with E-state index in [0.29, 0.717) is 12.2 Å². The quantitative estimate of drug-likeness (QED) is 0.860. The highest BCUT2D eigenvalue weighted by molar-refractivity contribution is 5.87. The fraction of sp³-hybridized carbons (Fsp3) is 0.429. The lowest BCUT2D eigenvalue weighted by Gasteiger charge is -2.19. The Bertz CT molecular complexity index is 460. The van der Waals surface area contributed by atoms with Crippen molar-refractivity contribution in [1.29, 1.82) is 0 Å². The van der Waals surface area contributed by atoms with Gasteiger partial charge >= 0.3 is 5.97 Å². The van der Waals surface area contributed by atoms with Crippen molar-refractivity contribution >= 4 is 11.9 Å². The summed E-state index contributed by atoms with van der Waals surface area (Å²) in [6, 6.07) is 7.60. The number of carboxylic acid groups (broad SMARTS) is 1. The molecular weight excluding hydrogens is 246 g/mol. The molecule has 0 spiro atoms. The Labute approximate surface area is 111 Å². The molecule has 0 radical (unpaired) electrons. The Morgan fingerprint density at radius 1 is 1.37 bits per heavy atom. The summed E-state index contributed by atoms with van der Waals surface area (Å²) in [5, 5.41) is 11.8. The van der Waals surface area contributed by atoms with E-state index in [1.54, 1.807) is 30.3 Å². The van der Waals surface area contributed by atoms with Crippen molar-refractivity contribution in [2.45, 2.75) is 25.5 Å². The molecule has 102 valence electrons. The van der Waals surface area contributed by atoms with E-state index >= 15 is 0 Å². The largest absolute Gasteiger partial charge is 0.479 e. The van der Waals surface area contributed by atoms with Gasteiger partial charge in [0.15, 0.2) is 6.04 Å². The maximum atomic E-state index is 12.0. The molecule has 1 saturated heterocycles. The summed E-state index contributed by atoms with van der Waals surface area (Å²) in [5.41, 5.74) is 0.550. The molecule has 1 heterocycles. The zero-order chi connectivity index (χ0) is 13.8. The van der Waals surface area contributed by atoms with Crippen LogP contribution in [-0.2, 0) is 14.3 Å². The van der Waals surface area contributed by atoms with Crippen LogP contribution in [0.3, 0.4) is 0 Å². The lowest BCUT2D eigenvalue weighted by molar-refractivity contribution is -0.144. The molecule has 3 atom stereocenters. The smallest absolute Gasteiger partial charge is 0.330 e. The van der Waals surface area contributed by atoms with Crippen molar-refractivity contribution in [3.8, 4) is 0 Å². The van der Waals surface area contributed by atoms with E-state index in [0.717, 1.165) is 6.42 Å². The highest BCUT2D eigenvalue weighted by Crippen LogP contribution is 2.21. The third-order valence-corrected chi connectivity index (χ3v) is 3.31. The van der Waals surface area contributed by atoms with Gasteiger partial charge in [-0.25, -0.2) is 4.79 Å². The monoisotopic (exact) mass is 263 g/mol. The fourth-order valence-corrected chi connectivity index (χ4v) is 2.19. The second-order valence-corrected chi connectivity index (χ2v) is 4.75. The molecule has 5 heteroatoms. The Morgan fingerprint density at radius 2 is 2.05 bits per heavy atom. The van der Waals surface area contributed by atoms with Crippen LogP contribution < -0.4 is 5.32 Å². The number of ether oxygens (including phenoxy) is 1. The van der Waals surface area contributed by atoms with Crippen molar-refractivity contribution in [1.82, 2.24) is 5.32 Å². The van der Waals surface area contributed by atoms with E-state index in [2.05, 4.69) is 5.32 Å². The first-order valence-corrected chi connectivity index (χ1v) is 6.29. The topological polar surface area (TPSA) is 75.6 Å². The highest BCUT2D eigenvalue weighted by atomic mass is 16.5. The molecule has 1 aromatic rings. The van der Waals surface area contributed by atoms with Crippen molar-refractivity contribution in [2.75, 3.05) is 6.61 Å². The van der Waals surface area contributed by atoms with E-state index < -0.39 is 18.1 Å². The van der Waals surface area contributed by atoms with Crippen LogP contribution >= 0.6 is 0 Å². The number of nitrogens with one attached hydrogen (secondary N) is 1. The molecule has 5 nitrogen and oxygen atoms in total. The number of benzene rings is 1. The molecule has 3 unspecified atom stereocenters. The normalized spacial score (nSPS) is 23.8. The zero-order valence-electron chi connectivity index (χ0n) is 10.7. The van der Waals surface area contributed by atoms with E-state index in [1.165, 1.54) is 0 Å². The van der Waals surface area contributed by atoms with Crippen LogP contribution in [0.25, 0.3) is 0 Å². The molecular formula is C14H17NO4. The van der Waals surface area contributed by atoms with Gasteiger partial charge in [-0.15, -0.1) is 0 Å². The molecule has 1 aliphatic heterocycles. The van der Waals surface area contributed by atoms with E-state index in [-0.39, 0.29) is 11.8 Å². The van der Waals surface area contributed by atoms with E-state index in [9.17, 15) is 14.7 Å². The Balaban J connectivity index is 2.09. The first-order chi connectivity index (χ1) is 9.09. The molecule has 1 aromatic carbocycles. The Kier molecular flexibility index (Phi) is 4.16. The standard InChI is InChI=1S/C14H17NO4/c1-9-7-8-19-12(9)13(16)15-11(14(17)18)10-5-3-2-4-6-10/h2-6,9,11-12H,7-8H2,1H3,(H,15,16)(H,17,18). The third-order valence-electron chi connectivity index (χ3n) is 3.31. The lowest BCUT2D eigenvalue weighted by atomic mass is 10.0. The van der Waals surface area contributed by atoms with Crippen LogP contribution in [-0.4, -0.2) is 29.7 Å². The number of rotatable bonds is 4. The number of amides is 1. The van der Waals surface area contributed by atoms with Gasteiger partial charge in [-0.1, -0.05) is 37.3 Å². The van der Waals surface area contributed by atoms with Crippen LogP contribution in [0.4, 0.5) is 0 Å². The SMILES string of the molecule is CC1CCOC1C(=O)NC(C(=O)O)c1ccccc1. The summed E-state index contributed by atoms with van der Waals surface area (Å²) >= 11 is 0. The van der Waals surface area contributed by atoms with Gasteiger partial charge in [-0.3, -0.25) is 4.79 Å². The van der Waals surface area contributed by atoms with Crippen LogP contribution in [0, 0.1) is 5.92 Å². The van der Waals surface area contributed by atoms with Crippen LogP contribution in [0.15, 0.2) is 30.3 Å². The first kappa shape index (κ1) is 13.5. The van der Waals surface area contributed by atoms with Crippen LogP contribution in [0.2, 0.25) is 0 Å². The average molecular weight is 263 g/mol. The van der Waals surface area contributed by atoms with Gasteiger partial charge in [-0.05, 0) is 17.9 Å². The Hall–Kier alpha value is -1.88. The second-order valence-electron chi connectivity index (χ2n) is 4.75. The minimum atomic E-state index is -1.08. The zero-order valence-corrected chi connectivity index (χ0v) is 10.7. The van der Waals surface area contributed by atoms with Gasteiger partial charge < -0.3 is 15.2 Å². The molecule has 1 fully saturated rings. The molecule has 0 saturated carbocycles. The number of carbonyl (C=O) groups is 2. The third kappa shape index (κ3) is 3.12. The number of carboxylic acids is 1. The van der Waals surface area contributed by atoms with E-state index in [4.69, 9.17) is 4.74 Å². The molecule has 0 bridgehead atoms. The predicted molar refractivity (Wildman–Crippen MR) is 68.5 cm³/mol. The van der Waals surface area contributed by atoms with Gasteiger partial charge in [0, 0.05) is 6.61 Å². The number of hydrogen-bond donors (Lipinski definition) is 2. The molecule has 19 heavy (non-hydrogen) atoms. The summed E-state index contributed by atoms with van der Waals surface area (Å²) in [5.74, 6) is -1.32. The van der Waals surface area contributed by atoms with Gasteiger partial charge in [0.05, 0.1) is 0 Å². The molecule has 2 N–H and O–H groups in total. The number of aliphatic carboxylic acids is 1. The van der Waals surface area contributed by atoms with Crippen molar-refractivity contribution in [2.24, 2.45) is 5.92 Å². The van der Waals surface area contributed by atoms with Gasteiger partial charge in [0.1, 0.15) is 6.10 Å². The Morgan fingerprint density at radius 3 is 2.58 bits per heavy atom. The lowest BCUT2D eigenvalue weighted by Crippen LogP contribution is -2.41.